The molecule has 2 rings (SSSR count). The Morgan fingerprint density at radius 1 is 1.31 bits per heavy atom. The van der Waals surface area contributed by atoms with Gasteiger partial charge in [0.2, 0.25) is 0 Å². The molecule has 4 heteroatoms. The van der Waals surface area contributed by atoms with Crippen molar-refractivity contribution in [2.75, 3.05) is 6.61 Å². The van der Waals surface area contributed by atoms with Gasteiger partial charge in [-0.15, -0.1) is 0 Å². The molecule has 0 saturated carbocycles. The minimum Gasteiger partial charge on any atom is -0.492 e. The first-order valence-corrected chi connectivity index (χ1v) is 6.22. The van der Waals surface area contributed by atoms with E-state index in [1.165, 1.54) is 9.13 Å². The first kappa shape index (κ1) is 9.97. The van der Waals surface area contributed by atoms with E-state index in [1.54, 1.807) is 0 Å². The van der Waals surface area contributed by atoms with Gasteiger partial charge in [-0.2, -0.15) is 0 Å². The lowest BCUT2D eigenvalue weighted by molar-refractivity contribution is 0.266. The van der Waals surface area contributed by atoms with E-state index in [2.05, 4.69) is 57.3 Å². The third kappa shape index (κ3) is 1.80. The molecular weight excluding hydrogens is 392 g/mol. The van der Waals surface area contributed by atoms with Crippen LogP contribution in [0.3, 0.4) is 0 Å². The average molecular weight is 401 g/mol. The fourth-order valence-electron chi connectivity index (χ4n) is 1.47. The van der Waals surface area contributed by atoms with Crippen LogP contribution in [0.2, 0.25) is 0 Å². The van der Waals surface area contributed by atoms with E-state index in [0.29, 0.717) is 0 Å². The standard InChI is InChI=1S/C9H9I2NO/c10-5-1-2-6(11)9-8(5)7(12)3-4-13-9/h1-2,7H,3-4,12H2. The second-order valence-corrected chi connectivity index (χ2v) is 5.34. The van der Waals surface area contributed by atoms with Gasteiger partial charge in [0.05, 0.1) is 10.2 Å². The molecular formula is C9H9I2NO. The zero-order valence-electron chi connectivity index (χ0n) is 6.89. The number of hydrogen-bond acceptors (Lipinski definition) is 2. The number of halogens is 2. The molecule has 0 spiro atoms. The van der Waals surface area contributed by atoms with Gasteiger partial charge in [0.1, 0.15) is 5.75 Å². The maximum atomic E-state index is 6.03. The minimum absolute atomic E-state index is 0.144. The van der Waals surface area contributed by atoms with Gasteiger partial charge in [0, 0.05) is 21.6 Å². The van der Waals surface area contributed by atoms with Gasteiger partial charge in [-0.25, -0.2) is 0 Å². The summed E-state index contributed by atoms with van der Waals surface area (Å²) >= 11 is 4.60. The molecule has 1 aliphatic heterocycles. The number of ether oxygens (including phenoxy) is 1. The van der Waals surface area contributed by atoms with Crippen LogP contribution in [0.5, 0.6) is 5.75 Å². The van der Waals surface area contributed by atoms with Crippen LogP contribution >= 0.6 is 45.2 Å². The Hall–Kier alpha value is 0.440. The van der Waals surface area contributed by atoms with E-state index in [9.17, 15) is 0 Å². The molecule has 2 N–H and O–H groups in total. The Labute approximate surface area is 104 Å². The van der Waals surface area contributed by atoms with E-state index in [-0.39, 0.29) is 6.04 Å². The second-order valence-electron chi connectivity index (χ2n) is 3.02. The molecule has 2 nitrogen and oxygen atoms in total. The van der Waals surface area contributed by atoms with E-state index in [0.717, 1.165) is 22.3 Å². The smallest absolute Gasteiger partial charge is 0.138 e. The van der Waals surface area contributed by atoms with Crippen LogP contribution in [-0.2, 0) is 0 Å². The van der Waals surface area contributed by atoms with Crippen LogP contribution in [0, 0.1) is 7.14 Å². The Morgan fingerprint density at radius 2 is 2.00 bits per heavy atom. The summed E-state index contributed by atoms with van der Waals surface area (Å²) in [6, 6.07) is 4.31. The zero-order chi connectivity index (χ0) is 9.42. The van der Waals surface area contributed by atoms with Crippen LogP contribution in [0.4, 0.5) is 0 Å². The zero-order valence-corrected chi connectivity index (χ0v) is 11.2. The van der Waals surface area contributed by atoms with Gasteiger partial charge >= 0.3 is 0 Å². The van der Waals surface area contributed by atoms with Crippen molar-refractivity contribution < 1.29 is 4.74 Å². The van der Waals surface area contributed by atoms with Crippen molar-refractivity contribution in [3.8, 4) is 5.75 Å². The van der Waals surface area contributed by atoms with Crippen LogP contribution in [-0.4, -0.2) is 6.61 Å². The molecule has 1 atom stereocenters. The Balaban J connectivity index is 2.60. The van der Waals surface area contributed by atoms with Gasteiger partial charge in [0.25, 0.3) is 0 Å². The van der Waals surface area contributed by atoms with Crippen molar-refractivity contribution >= 4 is 45.2 Å². The number of nitrogens with two attached hydrogens (primary N) is 1. The number of hydrogen-bond donors (Lipinski definition) is 1. The Kier molecular flexibility index (Phi) is 2.99. The minimum atomic E-state index is 0.144. The topological polar surface area (TPSA) is 35.2 Å². The molecule has 1 aliphatic rings. The van der Waals surface area contributed by atoms with Crippen LogP contribution in [0.25, 0.3) is 0 Å². The highest BCUT2D eigenvalue weighted by Gasteiger charge is 2.22. The van der Waals surface area contributed by atoms with Crippen LogP contribution < -0.4 is 10.5 Å². The predicted molar refractivity (Wildman–Crippen MR) is 68.9 cm³/mol. The van der Waals surface area contributed by atoms with Gasteiger partial charge in [-0.1, -0.05) is 0 Å². The first-order chi connectivity index (χ1) is 6.20. The summed E-state index contributed by atoms with van der Waals surface area (Å²) in [7, 11) is 0. The van der Waals surface area contributed by atoms with Crippen LogP contribution in [0.15, 0.2) is 12.1 Å². The lowest BCUT2D eigenvalue weighted by Gasteiger charge is -2.25. The molecule has 0 aliphatic carbocycles. The third-order valence-corrected chi connectivity index (χ3v) is 3.93. The van der Waals surface area contributed by atoms with Crippen molar-refractivity contribution in [3.05, 3.63) is 24.8 Å². The van der Waals surface area contributed by atoms with E-state index < -0.39 is 0 Å². The highest BCUT2D eigenvalue weighted by Crippen LogP contribution is 2.37. The first-order valence-electron chi connectivity index (χ1n) is 4.06. The molecule has 0 radical (unpaired) electrons. The normalized spacial score (nSPS) is 20.7. The van der Waals surface area contributed by atoms with Crippen LogP contribution in [0.1, 0.15) is 18.0 Å². The number of fused-ring (bicyclic) bond motifs is 1. The summed E-state index contributed by atoms with van der Waals surface area (Å²) in [5.41, 5.74) is 7.21. The van der Waals surface area contributed by atoms with Crippen molar-refractivity contribution in [1.82, 2.24) is 0 Å². The molecule has 0 aromatic heterocycles. The monoisotopic (exact) mass is 401 g/mol. The quantitative estimate of drug-likeness (QED) is 0.679. The lowest BCUT2D eigenvalue weighted by atomic mass is 10.0. The number of benzene rings is 1. The van der Waals surface area contributed by atoms with Gasteiger partial charge < -0.3 is 10.5 Å². The van der Waals surface area contributed by atoms with Crippen molar-refractivity contribution in [3.63, 3.8) is 0 Å². The molecule has 1 heterocycles. The summed E-state index contributed by atoms with van der Waals surface area (Å²) in [6.07, 6.45) is 0.920. The van der Waals surface area contributed by atoms with Crippen molar-refractivity contribution in [1.29, 1.82) is 0 Å². The fourth-order valence-corrected chi connectivity index (χ4v) is 2.92. The predicted octanol–water partition coefficient (Wildman–Crippen LogP) is 2.68. The third-order valence-electron chi connectivity index (χ3n) is 2.14. The molecule has 0 amide bonds. The largest absolute Gasteiger partial charge is 0.492 e. The summed E-state index contributed by atoms with van der Waals surface area (Å²) in [5.74, 6) is 0.992. The highest BCUT2D eigenvalue weighted by atomic mass is 127. The van der Waals surface area contributed by atoms with E-state index >= 15 is 0 Å². The SMILES string of the molecule is NC1CCOc2c(I)ccc(I)c21. The summed E-state index contributed by atoms with van der Waals surface area (Å²) < 4.78 is 7.98. The molecule has 0 fully saturated rings. The molecule has 0 bridgehead atoms. The average Bonchev–Trinajstić information content (AvgIpc) is 2.12. The molecule has 0 saturated heterocycles. The molecule has 1 aromatic rings. The Bertz CT molecular complexity index is 341. The Morgan fingerprint density at radius 3 is 2.69 bits per heavy atom. The van der Waals surface area contributed by atoms with Gasteiger partial charge in [0.15, 0.2) is 0 Å². The highest BCUT2D eigenvalue weighted by molar-refractivity contribution is 14.1. The maximum Gasteiger partial charge on any atom is 0.138 e. The summed E-state index contributed by atoms with van der Waals surface area (Å²) in [4.78, 5) is 0. The van der Waals surface area contributed by atoms with E-state index in [1.807, 2.05) is 0 Å². The molecule has 1 aromatic carbocycles. The van der Waals surface area contributed by atoms with Gasteiger partial charge in [-0.05, 0) is 57.3 Å². The molecule has 1 unspecified atom stereocenters. The lowest BCUT2D eigenvalue weighted by Crippen LogP contribution is -2.22. The van der Waals surface area contributed by atoms with E-state index in [4.69, 9.17) is 10.5 Å². The van der Waals surface area contributed by atoms with Gasteiger partial charge in [-0.3, -0.25) is 0 Å². The summed E-state index contributed by atoms with van der Waals surface area (Å²) in [5, 5.41) is 0. The van der Waals surface area contributed by atoms with Crippen molar-refractivity contribution in [2.45, 2.75) is 12.5 Å². The maximum absolute atomic E-state index is 6.03. The van der Waals surface area contributed by atoms with Crippen molar-refractivity contribution in [2.24, 2.45) is 5.73 Å². The fraction of sp³-hybridized carbons (Fsp3) is 0.333. The number of rotatable bonds is 0. The molecule has 13 heavy (non-hydrogen) atoms. The summed E-state index contributed by atoms with van der Waals surface area (Å²) in [6.45, 7) is 0.740. The molecule has 70 valence electrons. The second kappa shape index (κ2) is 3.90.